The summed E-state index contributed by atoms with van der Waals surface area (Å²) in [5.41, 5.74) is 0.137. The Kier molecular flexibility index (Phi) is 6.34. The van der Waals surface area contributed by atoms with Crippen LogP contribution in [-0.2, 0) is 10.0 Å². The van der Waals surface area contributed by atoms with Crippen LogP contribution in [0.3, 0.4) is 0 Å². The fourth-order valence-corrected chi connectivity index (χ4v) is 4.82. The number of hydrogen-bond acceptors (Lipinski definition) is 7. The number of aromatic nitrogens is 2. The second kappa shape index (κ2) is 8.73. The molecular weight excluding hydrogens is 404 g/mol. The van der Waals surface area contributed by atoms with Crippen LogP contribution < -0.4 is 14.2 Å². The monoisotopic (exact) mass is 422 g/mol. The lowest BCUT2D eigenvalue weighted by Gasteiger charge is -2.29. The first-order valence-corrected chi connectivity index (χ1v) is 10.5. The van der Waals surface area contributed by atoms with Gasteiger partial charge in [0.1, 0.15) is 22.8 Å². The summed E-state index contributed by atoms with van der Waals surface area (Å²) < 4.78 is 39.2. The van der Waals surface area contributed by atoms with Crippen molar-refractivity contribution < 1.29 is 17.9 Å². The Morgan fingerprint density at radius 2 is 1.93 bits per heavy atom. The number of hydrogen-bond donors (Lipinski definition) is 1. The molecule has 0 amide bonds. The van der Waals surface area contributed by atoms with Crippen LogP contribution in [0.15, 0.2) is 35.5 Å². The minimum atomic E-state index is -3.78. The van der Waals surface area contributed by atoms with E-state index in [4.69, 9.17) is 26.3 Å². The van der Waals surface area contributed by atoms with E-state index in [0.29, 0.717) is 30.7 Å². The van der Waals surface area contributed by atoms with Gasteiger partial charge in [-0.3, -0.25) is 0 Å². The third-order valence-corrected chi connectivity index (χ3v) is 6.24. The molecule has 1 heterocycles. The van der Waals surface area contributed by atoms with E-state index >= 15 is 0 Å². The minimum Gasteiger partial charge on any atom is -0.495 e. The highest BCUT2D eigenvalue weighted by atomic mass is 35.5. The summed E-state index contributed by atoms with van der Waals surface area (Å²) in [6.45, 7) is 0. The van der Waals surface area contributed by atoms with Gasteiger partial charge in [0.2, 0.25) is 15.7 Å². The van der Waals surface area contributed by atoms with Crippen molar-refractivity contribution in [2.75, 3.05) is 7.11 Å². The second-order valence-electron chi connectivity index (χ2n) is 6.33. The predicted octanol–water partition coefficient (Wildman–Crippen LogP) is 2.68. The zero-order valence-electron chi connectivity index (χ0n) is 15.1. The third-order valence-electron chi connectivity index (χ3n) is 4.46. The molecular formula is C18H19ClN4O4S. The van der Waals surface area contributed by atoms with Gasteiger partial charge >= 0.3 is 0 Å². The van der Waals surface area contributed by atoms with Gasteiger partial charge in [0.25, 0.3) is 5.88 Å². The van der Waals surface area contributed by atoms with Gasteiger partial charge in [0.15, 0.2) is 0 Å². The molecule has 0 saturated heterocycles. The number of rotatable bonds is 6. The predicted molar refractivity (Wildman–Crippen MR) is 102 cm³/mol. The average molecular weight is 423 g/mol. The molecule has 1 aliphatic carbocycles. The van der Waals surface area contributed by atoms with Crippen LogP contribution in [0, 0.1) is 11.3 Å². The van der Waals surface area contributed by atoms with Crippen LogP contribution >= 0.6 is 11.6 Å². The van der Waals surface area contributed by atoms with E-state index in [9.17, 15) is 8.42 Å². The van der Waals surface area contributed by atoms with Gasteiger partial charge < -0.3 is 9.47 Å². The molecule has 0 spiro atoms. The van der Waals surface area contributed by atoms with Crippen molar-refractivity contribution in [2.24, 2.45) is 0 Å². The van der Waals surface area contributed by atoms with Crippen molar-refractivity contribution in [3.8, 4) is 17.7 Å². The van der Waals surface area contributed by atoms with Crippen LogP contribution in [0.4, 0.5) is 0 Å². The highest BCUT2D eigenvalue weighted by Gasteiger charge is 2.29. The van der Waals surface area contributed by atoms with Crippen LogP contribution in [0.1, 0.15) is 31.4 Å². The maximum atomic E-state index is 12.8. The largest absolute Gasteiger partial charge is 0.495 e. The molecule has 0 atom stereocenters. The van der Waals surface area contributed by atoms with Crippen molar-refractivity contribution >= 4 is 21.6 Å². The Morgan fingerprint density at radius 1 is 1.21 bits per heavy atom. The zero-order valence-corrected chi connectivity index (χ0v) is 16.7. The maximum absolute atomic E-state index is 12.8. The van der Waals surface area contributed by atoms with E-state index in [1.165, 1.54) is 31.6 Å². The van der Waals surface area contributed by atoms with Gasteiger partial charge in [-0.1, -0.05) is 11.6 Å². The standard InChI is InChI=1S/C18H19ClN4O4S/c1-26-16-7-2-12(19)10-17(16)28(24,25)23-13-3-5-14(6-4-13)27-18-15(11-20)21-8-9-22-18/h2,7-10,13-14,23H,3-6H2,1H3. The fourth-order valence-electron chi connectivity index (χ4n) is 3.09. The Labute approximate surface area is 168 Å². The second-order valence-corrected chi connectivity index (χ2v) is 8.45. The first kappa shape index (κ1) is 20.3. The molecule has 0 aliphatic heterocycles. The normalized spacial score (nSPS) is 19.6. The van der Waals surface area contributed by atoms with E-state index in [-0.39, 0.29) is 34.4 Å². The Balaban J connectivity index is 1.63. The van der Waals surface area contributed by atoms with E-state index in [1.807, 2.05) is 6.07 Å². The van der Waals surface area contributed by atoms with Gasteiger partial charge in [-0.25, -0.2) is 23.1 Å². The topological polar surface area (TPSA) is 114 Å². The lowest BCUT2D eigenvalue weighted by atomic mass is 9.94. The number of ether oxygens (including phenoxy) is 2. The molecule has 1 aliphatic rings. The SMILES string of the molecule is COc1ccc(Cl)cc1S(=O)(=O)NC1CCC(Oc2nccnc2C#N)CC1. The summed E-state index contributed by atoms with van der Waals surface area (Å²) in [5.74, 6) is 0.443. The molecule has 0 bridgehead atoms. The molecule has 1 saturated carbocycles. The number of nitrogens with one attached hydrogen (secondary N) is 1. The number of methoxy groups -OCH3 is 1. The van der Waals surface area contributed by atoms with Crippen LogP contribution in [0.2, 0.25) is 5.02 Å². The maximum Gasteiger partial charge on any atom is 0.251 e. The van der Waals surface area contributed by atoms with Crippen LogP contribution in [0.25, 0.3) is 0 Å². The smallest absolute Gasteiger partial charge is 0.251 e. The molecule has 1 fully saturated rings. The van der Waals surface area contributed by atoms with Gasteiger partial charge in [0.05, 0.1) is 7.11 Å². The average Bonchev–Trinajstić information content (AvgIpc) is 2.69. The van der Waals surface area contributed by atoms with E-state index < -0.39 is 10.0 Å². The number of halogens is 1. The summed E-state index contributed by atoms with van der Waals surface area (Å²) in [6.07, 6.45) is 5.19. The summed E-state index contributed by atoms with van der Waals surface area (Å²) >= 11 is 5.95. The molecule has 28 heavy (non-hydrogen) atoms. The molecule has 10 heteroatoms. The van der Waals surface area contributed by atoms with Crippen molar-refractivity contribution in [1.29, 1.82) is 5.26 Å². The quantitative estimate of drug-likeness (QED) is 0.760. The van der Waals surface area contributed by atoms with Gasteiger partial charge in [-0.15, -0.1) is 0 Å². The first-order valence-electron chi connectivity index (χ1n) is 8.66. The summed E-state index contributed by atoms with van der Waals surface area (Å²) in [5, 5.41) is 9.37. The van der Waals surface area contributed by atoms with E-state index in [0.717, 1.165) is 0 Å². The highest BCUT2D eigenvalue weighted by Crippen LogP contribution is 2.29. The molecule has 148 valence electrons. The summed E-state index contributed by atoms with van der Waals surface area (Å²) in [6, 6.07) is 6.18. The number of nitriles is 1. The Bertz CT molecular complexity index is 985. The summed E-state index contributed by atoms with van der Waals surface area (Å²) in [7, 11) is -2.37. The van der Waals surface area contributed by atoms with Crippen LogP contribution in [0.5, 0.6) is 11.6 Å². The van der Waals surface area contributed by atoms with Crippen molar-refractivity contribution in [3.63, 3.8) is 0 Å². The number of benzene rings is 1. The van der Waals surface area contributed by atoms with Crippen molar-refractivity contribution in [3.05, 3.63) is 41.3 Å². The number of nitrogens with zero attached hydrogens (tertiary/aromatic N) is 3. The van der Waals surface area contributed by atoms with Gasteiger partial charge in [0, 0.05) is 23.5 Å². The van der Waals surface area contributed by atoms with Gasteiger partial charge in [-0.2, -0.15) is 5.26 Å². The summed E-state index contributed by atoms with van der Waals surface area (Å²) in [4.78, 5) is 7.98. The van der Waals surface area contributed by atoms with Crippen LogP contribution in [-0.4, -0.2) is 37.6 Å². The first-order chi connectivity index (χ1) is 13.4. The Hall–Kier alpha value is -2.41. The molecule has 3 rings (SSSR count). The fraction of sp³-hybridized carbons (Fsp3) is 0.389. The molecule has 1 N–H and O–H groups in total. The lowest BCUT2D eigenvalue weighted by molar-refractivity contribution is 0.137. The molecule has 8 nitrogen and oxygen atoms in total. The van der Waals surface area contributed by atoms with Gasteiger partial charge in [-0.05, 0) is 43.9 Å². The Morgan fingerprint density at radius 3 is 2.61 bits per heavy atom. The van der Waals surface area contributed by atoms with E-state index in [2.05, 4.69) is 14.7 Å². The molecule has 1 aromatic heterocycles. The molecule has 0 unspecified atom stereocenters. The van der Waals surface area contributed by atoms with Crippen molar-refractivity contribution in [1.82, 2.24) is 14.7 Å². The molecule has 2 aromatic rings. The van der Waals surface area contributed by atoms with E-state index in [1.54, 1.807) is 6.07 Å². The third kappa shape index (κ3) is 4.70. The minimum absolute atomic E-state index is 0.0131. The lowest BCUT2D eigenvalue weighted by Crippen LogP contribution is -2.39. The van der Waals surface area contributed by atoms with Crippen molar-refractivity contribution in [2.45, 2.75) is 42.7 Å². The molecule has 1 aromatic carbocycles. The highest BCUT2D eigenvalue weighted by molar-refractivity contribution is 7.89. The zero-order chi connectivity index (χ0) is 20.1. The molecule has 0 radical (unpaired) electrons. The number of sulfonamides is 1.